The fraction of sp³-hybridized carbons (Fsp3) is 0.312. The molecular weight excluding hydrogens is 271 g/mol. The average molecular weight is 290 g/mol. The van der Waals surface area contributed by atoms with Crippen molar-refractivity contribution >= 4 is 5.91 Å². The van der Waals surface area contributed by atoms with Gasteiger partial charge in [0.15, 0.2) is 0 Å². The first-order chi connectivity index (χ1) is 9.95. The summed E-state index contributed by atoms with van der Waals surface area (Å²) in [6.45, 7) is 3.91. The molecule has 1 aromatic carbocycles. The summed E-state index contributed by atoms with van der Waals surface area (Å²) in [5.74, 6) is -0.468. The molecule has 0 saturated heterocycles. The number of nitrogens with zero attached hydrogens (tertiary/aromatic N) is 2. The molecule has 1 N–H and O–H groups in total. The molecule has 0 saturated carbocycles. The van der Waals surface area contributed by atoms with Gasteiger partial charge in [0.25, 0.3) is 5.91 Å². The zero-order valence-electron chi connectivity index (χ0n) is 12.4. The molecule has 1 heterocycles. The highest BCUT2D eigenvalue weighted by Gasteiger charge is 2.19. The summed E-state index contributed by atoms with van der Waals surface area (Å²) < 4.78 is 15.2. The summed E-state index contributed by atoms with van der Waals surface area (Å²) in [4.78, 5) is 13.8. The molecule has 0 aliphatic rings. The molecule has 0 unspecified atom stereocenters. The fourth-order valence-corrected chi connectivity index (χ4v) is 2.45. The first-order valence-electron chi connectivity index (χ1n) is 6.77. The van der Waals surface area contributed by atoms with E-state index in [-0.39, 0.29) is 24.9 Å². The van der Waals surface area contributed by atoms with Crippen LogP contribution in [-0.4, -0.2) is 40.7 Å². The Bertz CT molecular complexity index is 664. The highest BCUT2D eigenvalue weighted by molar-refractivity contribution is 5.95. The predicted molar refractivity (Wildman–Crippen MR) is 79.2 cm³/mol. The number of hydrogen-bond donors (Lipinski definition) is 1. The molecule has 1 aromatic heterocycles. The Morgan fingerprint density at radius 2 is 2.05 bits per heavy atom. The molecule has 1 amide bonds. The minimum atomic E-state index is -0.315. The van der Waals surface area contributed by atoms with E-state index in [1.807, 2.05) is 18.4 Å². The van der Waals surface area contributed by atoms with Gasteiger partial charge in [-0.1, -0.05) is 6.07 Å². The van der Waals surface area contributed by atoms with Gasteiger partial charge in [-0.25, -0.2) is 4.39 Å². The maximum Gasteiger partial charge on any atom is 0.255 e. The maximum atomic E-state index is 13.4. The number of hydrogen-bond acceptors (Lipinski definition) is 2. The van der Waals surface area contributed by atoms with Gasteiger partial charge in [0.1, 0.15) is 5.82 Å². The van der Waals surface area contributed by atoms with Crippen LogP contribution in [0.5, 0.6) is 0 Å². The SMILES string of the molecule is Cc1cc(C(=O)N(C)CCO)c(C)n1-c1cccc(F)c1. The van der Waals surface area contributed by atoms with Crippen LogP contribution < -0.4 is 0 Å². The number of benzene rings is 1. The smallest absolute Gasteiger partial charge is 0.255 e. The van der Waals surface area contributed by atoms with Crippen LogP contribution in [0.4, 0.5) is 4.39 Å². The van der Waals surface area contributed by atoms with E-state index in [2.05, 4.69) is 0 Å². The fourth-order valence-electron chi connectivity index (χ4n) is 2.45. The highest BCUT2D eigenvalue weighted by Crippen LogP contribution is 2.22. The van der Waals surface area contributed by atoms with Gasteiger partial charge >= 0.3 is 0 Å². The van der Waals surface area contributed by atoms with Gasteiger partial charge < -0.3 is 14.6 Å². The molecule has 0 fully saturated rings. The summed E-state index contributed by atoms with van der Waals surface area (Å²) in [6, 6.07) is 8.05. The van der Waals surface area contributed by atoms with Crippen LogP contribution in [0, 0.1) is 19.7 Å². The van der Waals surface area contributed by atoms with Crippen LogP contribution in [0.25, 0.3) is 5.69 Å². The third kappa shape index (κ3) is 2.97. The summed E-state index contributed by atoms with van der Waals surface area (Å²) in [6.07, 6.45) is 0. The summed E-state index contributed by atoms with van der Waals surface area (Å²) in [5.41, 5.74) is 2.87. The van der Waals surface area contributed by atoms with Crippen molar-refractivity contribution in [2.75, 3.05) is 20.2 Å². The number of likely N-dealkylation sites (N-methyl/N-ethyl adjacent to an activating group) is 1. The molecule has 0 radical (unpaired) electrons. The lowest BCUT2D eigenvalue weighted by molar-refractivity contribution is 0.0766. The number of aliphatic hydroxyl groups excluding tert-OH is 1. The lowest BCUT2D eigenvalue weighted by atomic mass is 10.2. The predicted octanol–water partition coefficient (Wildman–Crippen LogP) is 2.30. The molecule has 21 heavy (non-hydrogen) atoms. The van der Waals surface area contributed by atoms with E-state index in [9.17, 15) is 9.18 Å². The molecule has 0 bridgehead atoms. The van der Waals surface area contributed by atoms with Gasteiger partial charge in [0.2, 0.25) is 0 Å². The molecule has 2 rings (SSSR count). The van der Waals surface area contributed by atoms with Crippen molar-refractivity contribution in [3.8, 4) is 5.69 Å². The highest BCUT2D eigenvalue weighted by atomic mass is 19.1. The zero-order chi connectivity index (χ0) is 15.6. The van der Waals surface area contributed by atoms with Crippen LogP contribution in [-0.2, 0) is 0 Å². The number of carbonyl (C=O) groups is 1. The van der Waals surface area contributed by atoms with Crippen molar-refractivity contribution in [3.05, 3.63) is 53.1 Å². The number of aliphatic hydroxyl groups is 1. The lowest BCUT2D eigenvalue weighted by Gasteiger charge is -2.16. The lowest BCUT2D eigenvalue weighted by Crippen LogP contribution is -2.29. The van der Waals surface area contributed by atoms with E-state index < -0.39 is 0 Å². The summed E-state index contributed by atoms with van der Waals surface area (Å²) in [7, 11) is 1.65. The van der Waals surface area contributed by atoms with E-state index in [1.165, 1.54) is 17.0 Å². The van der Waals surface area contributed by atoms with Gasteiger partial charge in [-0.05, 0) is 38.1 Å². The number of amides is 1. The third-order valence-corrected chi connectivity index (χ3v) is 3.51. The van der Waals surface area contributed by atoms with Gasteiger partial charge in [-0.3, -0.25) is 4.79 Å². The third-order valence-electron chi connectivity index (χ3n) is 3.51. The second-order valence-corrected chi connectivity index (χ2v) is 5.05. The van der Waals surface area contributed by atoms with E-state index >= 15 is 0 Å². The van der Waals surface area contributed by atoms with Gasteiger partial charge in [-0.2, -0.15) is 0 Å². The molecule has 5 heteroatoms. The van der Waals surface area contributed by atoms with E-state index in [4.69, 9.17) is 5.11 Å². The summed E-state index contributed by atoms with van der Waals surface area (Å²) in [5, 5.41) is 8.93. The molecule has 4 nitrogen and oxygen atoms in total. The Labute approximate surface area is 123 Å². The van der Waals surface area contributed by atoms with Crippen LogP contribution in [0.1, 0.15) is 21.7 Å². The normalized spacial score (nSPS) is 10.7. The first-order valence-corrected chi connectivity index (χ1v) is 6.77. The maximum absolute atomic E-state index is 13.4. The topological polar surface area (TPSA) is 45.5 Å². The second kappa shape index (κ2) is 6.10. The van der Waals surface area contributed by atoms with Crippen molar-refractivity contribution in [2.45, 2.75) is 13.8 Å². The van der Waals surface area contributed by atoms with Crippen molar-refractivity contribution in [2.24, 2.45) is 0 Å². The van der Waals surface area contributed by atoms with Gasteiger partial charge in [0, 0.05) is 30.7 Å². The Hall–Kier alpha value is -2.14. The van der Waals surface area contributed by atoms with E-state index in [0.29, 0.717) is 11.3 Å². The van der Waals surface area contributed by atoms with E-state index in [0.717, 1.165) is 11.4 Å². The number of carbonyl (C=O) groups excluding carboxylic acids is 1. The van der Waals surface area contributed by atoms with Crippen molar-refractivity contribution in [1.82, 2.24) is 9.47 Å². The van der Waals surface area contributed by atoms with Crippen molar-refractivity contribution in [1.29, 1.82) is 0 Å². The molecular formula is C16H19FN2O2. The molecule has 0 aliphatic heterocycles. The Balaban J connectivity index is 2.45. The number of rotatable bonds is 4. The second-order valence-electron chi connectivity index (χ2n) is 5.05. The molecule has 0 aliphatic carbocycles. The Morgan fingerprint density at radius 1 is 1.33 bits per heavy atom. The number of halogens is 1. The minimum absolute atomic E-state index is 0.0785. The van der Waals surface area contributed by atoms with E-state index in [1.54, 1.807) is 25.2 Å². The molecule has 112 valence electrons. The van der Waals surface area contributed by atoms with Crippen molar-refractivity contribution in [3.63, 3.8) is 0 Å². The number of aromatic nitrogens is 1. The van der Waals surface area contributed by atoms with Crippen LogP contribution in [0.15, 0.2) is 30.3 Å². The largest absolute Gasteiger partial charge is 0.395 e. The quantitative estimate of drug-likeness (QED) is 0.939. The number of aryl methyl sites for hydroxylation is 1. The Morgan fingerprint density at radius 3 is 2.67 bits per heavy atom. The van der Waals surface area contributed by atoms with Gasteiger partial charge in [-0.15, -0.1) is 0 Å². The monoisotopic (exact) mass is 290 g/mol. The summed E-state index contributed by atoms with van der Waals surface area (Å²) >= 11 is 0. The average Bonchev–Trinajstić information content (AvgIpc) is 2.73. The van der Waals surface area contributed by atoms with Crippen LogP contribution in [0.3, 0.4) is 0 Å². The Kier molecular flexibility index (Phi) is 4.43. The molecule has 2 aromatic rings. The zero-order valence-corrected chi connectivity index (χ0v) is 12.4. The van der Waals surface area contributed by atoms with Crippen LogP contribution in [0.2, 0.25) is 0 Å². The van der Waals surface area contributed by atoms with Crippen molar-refractivity contribution < 1.29 is 14.3 Å². The first kappa shape index (κ1) is 15.3. The minimum Gasteiger partial charge on any atom is -0.395 e. The van der Waals surface area contributed by atoms with Crippen LogP contribution >= 0.6 is 0 Å². The standard InChI is InChI=1S/C16H19FN2O2/c1-11-9-15(16(21)18(3)7-8-20)12(2)19(11)14-6-4-5-13(17)10-14/h4-6,9-10,20H,7-8H2,1-3H3. The molecule has 0 spiro atoms. The van der Waals surface area contributed by atoms with Gasteiger partial charge in [0.05, 0.1) is 12.2 Å². The molecule has 0 atom stereocenters.